The number of benzene rings is 1. The van der Waals surface area contributed by atoms with Crippen LogP contribution in [-0.2, 0) is 0 Å². The molecule has 1 N–H and O–H groups in total. The Morgan fingerprint density at radius 1 is 1.12 bits per heavy atom. The Labute approximate surface area is 116 Å². The summed E-state index contributed by atoms with van der Waals surface area (Å²) in [6.45, 7) is 0. The van der Waals surface area contributed by atoms with Crippen molar-refractivity contribution in [2.75, 3.05) is 5.32 Å². The minimum Gasteiger partial charge on any atom is -0.321 e. The lowest BCUT2D eigenvalue weighted by Gasteiger charge is -2.05. The van der Waals surface area contributed by atoms with Gasteiger partial charge in [-0.1, -0.05) is 28.1 Å². The minimum absolute atomic E-state index is 0.232. The Kier molecular flexibility index (Phi) is 3.91. The summed E-state index contributed by atoms with van der Waals surface area (Å²) < 4.78 is 1.55. The normalized spacial score (nSPS) is 10.0. The predicted molar refractivity (Wildman–Crippen MR) is 74.0 cm³/mol. The van der Waals surface area contributed by atoms with Crippen LogP contribution in [0.3, 0.4) is 0 Å². The van der Waals surface area contributed by atoms with Crippen molar-refractivity contribution < 1.29 is 4.79 Å². The molecule has 0 saturated heterocycles. The maximum absolute atomic E-state index is 11.9. The topological polar surface area (TPSA) is 42.0 Å². The molecule has 0 fully saturated rings. The Hall–Kier alpha value is -1.20. The molecule has 0 aliphatic rings. The van der Waals surface area contributed by atoms with E-state index in [1.54, 1.807) is 18.2 Å². The third-order valence-electron chi connectivity index (χ3n) is 2.03. The molecule has 1 heterocycles. The summed E-state index contributed by atoms with van der Waals surface area (Å²) in [6.07, 6.45) is 0. The van der Waals surface area contributed by atoms with Crippen LogP contribution in [0.4, 0.5) is 5.69 Å². The van der Waals surface area contributed by atoms with Gasteiger partial charge in [0.25, 0.3) is 5.91 Å². The second-order valence-corrected chi connectivity index (χ2v) is 5.04. The van der Waals surface area contributed by atoms with Crippen LogP contribution in [0.1, 0.15) is 10.5 Å². The van der Waals surface area contributed by atoms with Crippen molar-refractivity contribution in [1.82, 2.24) is 4.98 Å². The first-order valence-electron chi connectivity index (χ1n) is 4.84. The molecule has 0 aliphatic carbocycles. The second-order valence-electron chi connectivity index (χ2n) is 3.31. The largest absolute Gasteiger partial charge is 0.321 e. The molecule has 2 rings (SSSR count). The van der Waals surface area contributed by atoms with Gasteiger partial charge in [-0.05, 0) is 46.3 Å². The molecular formula is C12H8Br2N2O. The highest BCUT2D eigenvalue weighted by Crippen LogP contribution is 2.16. The maximum Gasteiger partial charge on any atom is 0.274 e. The van der Waals surface area contributed by atoms with Gasteiger partial charge >= 0.3 is 0 Å². The van der Waals surface area contributed by atoms with E-state index in [0.717, 1.165) is 10.2 Å². The molecule has 0 unspecified atom stereocenters. The minimum atomic E-state index is -0.232. The number of hydrogen-bond donors (Lipinski definition) is 1. The van der Waals surface area contributed by atoms with Crippen molar-refractivity contribution >= 4 is 43.5 Å². The van der Waals surface area contributed by atoms with E-state index in [2.05, 4.69) is 42.2 Å². The number of halogens is 2. The molecular weight excluding hydrogens is 348 g/mol. The fourth-order valence-corrected chi connectivity index (χ4v) is 2.04. The summed E-state index contributed by atoms with van der Waals surface area (Å²) in [5, 5.41) is 2.77. The van der Waals surface area contributed by atoms with Gasteiger partial charge in [-0.25, -0.2) is 4.98 Å². The van der Waals surface area contributed by atoms with Gasteiger partial charge in [0.05, 0.1) is 0 Å². The fraction of sp³-hybridized carbons (Fsp3) is 0. The second kappa shape index (κ2) is 5.42. The average Bonchev–Trinajstić information content (AvgIpc) is 2.29. The number of aromatic nitrogens is 1. The zero-order chi connectivity index (χ0) is 12.3. The number of hydrogen-bond acceptors (Lipinski definition) is 2. The van der Waals surface area contributed by atoms with Crippen LogP contribution in [0.2, 0.25) is 0 Å². The first-order chi connectivity index (χ1) is 8.15. The van der Waals surface area contributed by atoms with Crippen LogP contribution in [-0.4, -0.2) is 10.9 Å². The van der Waals surface area contributed by atoms with Crippen molar-refractivity contribution in [2.45, 2.75) is 0 Å². The summed E-state index contributed by atoms with van der Waals surface area (Å²) >= 11 is 6.57. The molecule has 0 spiro atoms. The summed E-state index contributed by atoms with van der Waals surface area (Å²) in [6, 6.07) is 12.6. The molecule has 0 aliphatic heterocycles. The third kappa shape index (κ3) is 3.38. The highest BCUT2D eigenvalue weighted by Gasteiger charge is 2.07. The van der Waals surface area contributed by atoms with Gasteiger partial charge < -0.3 is 5.32 Å². The molecule has 0 atom stereocenters. The van der Waals surface area contributed by atoms with Crippen molar-refractivity contribution in [1.29, 1.82) is 0 Å². The van der Waals surface area contributed by atoms with E-state index in [1.807, 2.05) is 24.3 Å². The molecule has 1 amide bonds. The van der Waals surface area contributed by atoms with Crippen molar-refractivity contribution in [3.63, 3.8) is 0 Å². The van der Waals surface area contributed by atoms with Gasteiger partial charge in [0, 0.05) is 10.2 Å². The Balaban J connectivity index is 2.17. The lowest BCUT2D eigenvalue weighted by atomic mass is 10.3. The summed E-state index contributed by atoms with van der Waals surface area (Å²) in [7, 11) is 0. The van der Waals surface area contributed by atoms with E-state index < -0.39 is 0 Å². The van der Waals surface area contributed by atoms with E-state index >= 15 is 0 Å². The molecule has 17 heavy (non-hydrogen) atoms. The van der Waals surface area contributed by atoms with Crippen molar-refractivity contribution in [3.05, 3.63) is 57.2 Å². The van der Waals surface area contributed by atoms with Crippen LogP contribution in [0, 0.1) is 0 Å². The Morgan fingerprint density at radius 2 is 1.88 bits per heavy atom. The van der Waals surface area contributed by atoms with Crippen LogP contribution < -0.4 is 5.32 Å². The summed E-state index contributed by atoms with van der Waals surface area (Å²) in [5.41, 5.74) is 1.10. The summed E-state index contributed by atoms with van der Waals surface area (Å²) in [5.74, 6) is -0.232. The van der Waals surface area contributed by atoms with Crippen LogP contribution >= 0.6 is 31.9 Å². The van der Waals surface area contributed by atoms with E-state index in [9.17, 15) is 4.79 Å². The number of pyridine rings is 1. The molecule has 0 radical (unpaired) electrons. The van der Waals surface area contributed by atoms with Crippen LogP contribution in [0.15, 0.2) is 51.5 Å². The quantitative estimate of drug-likeness (QED) is 0.831. The number of nitrogens with one attached hydrogen (secondary N) is 1. The Morgan fingerprint density at radius 3 is 2.59 bits per heavy atom. The van der Waals surface area contributed by atoms with Gasteiger partial charge in [-0.2, -0.15) is 0 Å². The molecule has 0 saturated carbocycles. The average molecular weight is 356 g/mol. The van der Waals surface area contributed by atoms with Crippen LogP contribution in [0.5, 0.6) is 0 Å². The van der Waals surface area contributed by atoms with Crippen molar-refractivity contribution in [2.24, 2.45) is 0 Å². The molecule has 2 aromatic rings. The number of nitrogens with zero attached hydrogens (tertiary/aromatic N) is 1. The zero-order valence-electron chi connectivity index (χ0n) is 8.65. The van der Waals surface area contributed by atoms with E-state index in [0.29, 0.717) is 10.3 Å². The van der Waals surface area contributed by atoms with Gasteiger partial charge in [0.15, 0.2) is 0 Å². The lowest BCUT2D eigenvalue weighted by molar-refractivity contribution is 0.102. The smallest absolute Gasteiger partial charge is 0.274 e. The highest BCUT2D eigenvalue weighted by atomic mass is 79.9. The Bertz CT molecular complexity index is 558. The van der Waals surface area contributed by atoms with Gasteiger partial charge in [0.1, 0.15) is 10.3 Å². The van der Waals surface area contributed by atoms with Gasteiger partial charge in [-0.15, -0.1) is 0 Å². The molecule has 1 aromatic heterocycles. The lowest BCUT2D eigenvalue weighted by Crippen LogP contribution is -2.13. The monoisotopic (exact) mass is 354 g/mol. The number of anilines is 1. The molecule has 3 nitrogen and oxygen atoms in total. The standard InChI is InChI=1S/C12H8Br2N2O/c13-8-3-1-4-9(7-8)15-12(17)10-5-2-6-11(14)16-10/h1-7H,(H,15,17). The van der Waals surface area contributed by atoms with Crippen molar-refractivity contribution in [3.8, 4) is 0 Å². The number of carbonyl (C=O) groups excluding carboxylic acids is 1. The third-order valence-corrected chi connectivity index (χ3v) is 2.97. The molecule has 5 heteroatoms. The fourth-order valence-electron chi connectivity index (χ4n) is 1.30. The van der Waals surface area contributed by atoms with Crippen LogP contribution in [0.25, 0.3) is 0 Å². The van der Waals surface area contributed by atoms with Gasteiger partial charge in [0.2, 0.25) is 0 Å². The molecule has 0 bridgehead atoms. The molecule has 86 valence electrons. The number of amides is 1. The first-order valence-corrected chi connectivity index (χ1v) is 6.43. The van der Waals surface area contributed by atoms with E-state index in [-0.39, 0.29) is 5.91 Å². The SMILES string of the molecule is O=C(Nc1cccc(Br)c1)c1cccc(Br)n1. The first kappa shape index (κ1) is 12.3. The number of rotatable bonds is 2. The zero-order valence-corrected chi connectivity index (χ0v) is 11.8. The predicted octanol–water partition coefficient (Wildman–Crippen LogP) is 3.86. The van der Waals surface area contributed by atoms with E-state index in [1.165, 1.54) is 0 Å². The molecule has 1 aromatic carbocycles. The summed E-state index contributed by atoms with van der Waals surface area (Å²) in [4.78, 5) is 16.0. The maximum atomic E-state index is 11.9. The highest BCUT2D eigenvalue weighted by molar-refractivity contribution is 9.10. The van der Waals surface area contributed by atoms with Gasteiger partial charge in [-0.3, -0.25) is 4.79 Å². The van der Waals surface area contributed by atoms with E-state index in [4.69, 9.17) is 0 Å². The number of carbonyl (C=O) groups is 1.